The number of likely N-dealkylation sites (tertiary alicyclic amines) is 1. The molecule has 0 unspecified atom stereocenters. The highest BCUT2D eigenvalue weighted by atomic mass is 35.5. The lowest BCUT2D eigenvalue weighted by Crippen LogP contribution is -2.50. The summed E-state index contributed by atoms with van der Waals surface area (Å²) in [6.07, 6.45) is 5.99. The SMILES string of the molecule is CCOc1cc(/C=C\C(=O)N2CCC[C@@H]2CN2C[C@H](C)O[C@@H](C)C2)cc(Cl)c1OC. The van der Waals surface area contributed by atoms with E-state index in [2.05, 4.69) is 18.7 Å². The monoisotopic (exact) mass is 436 g/mol. The van der Waals surface area contributed by atoms with Gasteiger partial charge in [-0.15, -0.1) is 0 Å². The molecule has 3 atom stereocenters. The summed E-state index contributed by atoms with van der Waals surface area (Å²) in [6, 6.07) is 3.87. The number of ether oxygens (including phenoxy) is 3. The third kappa shape index (κ3) is 5.68. The molecule has 0 aromatic heterocycles. The molecular weight excluding hydrogens is 404 g/mol. The van der Waals surface area contributed by atoms with Crippen LogP contribution < -0.4 is 9.47 Å². The van der Waals surface area contributed by atoms with E-state index in [4.69, 9.17) is 25.8 Å². The Morgan fingerprint density at radius 2 is 2.03 bits per heavy atom. The molecule has 1 aromatic carbocycles. The third-order valence-corrected chi connectivity index (χ3v) is 5.86. The first-order valence-corrected chi connectivity index (χ1v) is 11.2. The smallest absolute Gasteiger partial charge is 0.246 e. The summed E-state index contributed by atoms with van der Waals surface area (Å²) in [5.41, 5.74) is 0.809. The number of halogens is 1. The van der Waals surface area contributed by atoms with E-state index in [1.54, 1.807) is 25.3 Å². The highest BCUT2D eigenvalue weighted by Crippen LogP contribution is 2.36. The fourth-order valence-corrected chi connectivity index (χ4v) is 4.75. The highest BCUT2D eigenvalue weighted by Gasteiger charge is 2.31. The number of carbonyl (C=O) groups excluding carboxylic acids is 1. The van der Waals surface area contributed by atoms with Crippen LogP contribution in [0.5, 0.6) is 11.5 Å². The van der Waals surface area contributed by atoms with E-state index in [0.29, 0.717) is 23.1 Å². The molecule has 3 rings (SSSR count). The summed E-state index contributed by atoms with van der Waals surface area (Å²) in [6.45, 7) is 10.2. The van der Waals surface area contributed by atoms with Gasteiger partial charge in [0.05, 0.1) is 30.9 Å². The zero-order chi connectivity index (χ0) is 21.7. The molecule has 1 amide bonds. The number of methoxy groups -OCH3 is 1. The molecule has 166 valence electrons. The molecule has 6 nitrogen and oxygen atoms in total. The van der Waals surface area contributed by atoms with Crippen molar-refractivity contribution in [2.24, 2.45) is 0 Å². The lowest BCUT2D eigenvalue weighted by Gasteiger charge is -2.38. The van der Waals surface area contributed by atoms with Crippen molar-refractivity contribution in [1.29, 1.82) is 0 Å². The van der Waals surface area contributed by atoms with Gasteiger partial charge in [-0.1, -0.05) is 11.6 Å². The Labute approximate surface area is 184 Å². The minimum atomic E-state index is 0.0387. The van der Waals surface area contributed by atoms with Gasteiger partial charge in [0.25, 0.3) is 0 Å². The highest BCUT2D eigenvalue weighted by molar-refractivity contribution is 6.32. The summed E-state index contributed by atoms with van der Waals surface area (Å²) < 4.78 is 16.8. The first-order chi connectivity index (χ1) is 14.4. The number of amides is 1. The Morgan fingerprint density at radius 1 is 1.30 bits per heavy atom. The van der Waals surface area contributed by atoms with Gasteiger partial charge in [0, 0.05) is 38.3 Å². The van der Waals surface area contributed by atoms with Crippen molar-refractivity contribution in [1.82, 2.24) is 9.80 Å². The van der Waals surface area contributed by atoms with Gasteiger partial charge < -0.3 is 19.1 Å². The quantitative estimate of drug-likeness (QED) is 0.607. The van der Waals surface area contributed by atoms with Crippen LogP contribution in [0, 0.1) is 0 Å². The maximum atomic E-state index is 12.9. The molecular formula is C23H33ClN2O4. The van der Waals surface area contributed by atoms with Gasteiger partial charge in [0.2, 0.25) is 5.91 Å². The normalized spacial score (nSPS) is 25.1. The van der Waals surface area contributed by atoms with Crippen LogP contribution in [0.25, 0.3) is 6.08 Å². The zero-order valence-electron chi connectivity index (χ0n) is 18.4. The Hall–Kier alpha value is -1.76. The summed E-state index contributed by atoms with van der Waals surface area (Å²) in [5.74, 6) is 1.13. The molecule has 2 heterocycles. The van der Waals surface area contributed by atoms with Crippen LogP contribution in [0.2, 0.25) is 5.02 Å². The first-order valence-electron chi connectivity index (χ1n) is 10.8. The van der Waals surface area contributed by atoms with Crippen molar-refractivity contribution in [2.45, 2.75) is 51.9 Å². The lowest BCUT2D eigenvalue weighted by atomic mass is 10.1. The minimum Gasteiger partial charge on any atom is -0.491 e. The molecule has 2 saturated heterocycles. The van der Waals surface area contributed by atoms with Crippen LogP contribution in [-0.4, -0.2) is 73.9 Å². The maximum Gasteiger partial charge on any atom is 0.246 e. The summed E-state index contributed by atoms with van der Waals surface area (Å²) in [7, 11) is 1.56. The molecule has 0 bridgehead atoms. The second kappa shape index (κ2) is 10.5. The van der Waals surface area contributed by atoms with E-state index in [0.717, 1.165) is 44.6 Å². The topological polar surface area (TPSA) is 51.2 Å². The molecule has 0 radical (unpaired) electrons. The van der Waals surface area contributed by atoms with Crippen molar-refractivity contribution < 1.29 is 19.0 Å². The summed E-state index contributed by atoms with van der Waals surface area (Å²) in [5, 5.41) is 0.463. The Morgan fingerprint density at radius 3 is 2.70 bits per heavy atom. The van der Waals surface area contributed by atoms with E-state index in [1.807, 2.05) is 17.9 Å². The van der Waals surface area contributed by atoms with Crippen LogP contribution in [0.3, 0.4) is 0 Å². The molecule has 2 aliphatic rings. The van der Waals surface area contributed by atoms with Gasteiger partial charge in [0.15, 0.2) is 11.5 Å². The van der Waals surface area contributed by atoms with Crippen molar-refractivity contribution in [3.8, 4) is 11.5 Å². The Kier molecular flexibility index (Phi) is 8.03. The largest absolute Gasteiger partial charge is 0.491 e. The van der Waals surface area contributed by atoms with Gasteiger partial charge in [0.1, 0.15) is 0 Å². The molecule has 2 aliphatic heterocycles. The molecule has 0 aliphatic carbocycles. The van der Waals surface area contributed by atoms with Crippen molar-refractivity contribution in [3.05, 3.63) is 28.8 Å². The predicted octanol–water partition coefficient (Wildman–Crippen LogP) is 3.86. The fraction of sp³-hybridized carbons (Fsp3) is 0.609. The van der Waals surface area contributed by atoms with Gasteiger partial charge in [-0.25, -0.2) is 0 Å². The molecule has 2 fully saturated rings. The number of morpholine rings is 1. The number of carbonyl (C=O) groups is 1. The van der Waals surface area contributed by atoms with Gasteiger partial charge >= 0.3 is 0 Å². The van der Waals surface area contributed by atoms with Gasteiger partial charge in [-0.2, -0.15) is 0 Å². The van der Waals surface area contributed by atoms with Gasteiger partial charge in [-0.3, -0.25) is 9.69 Å². The van der Waals surface area contributed by atoms with Crippen molar-refractivity contribution in [2.75, 3.05) is 39.9 Å². The number of hydrogen-bond donors (Lipinski definition) is 0. The summed E-state index contributed by atoms with van der Waals surface area (Å²) in [4.78, 5) is 17.3. The molecule has 30 heavy (non-hydrogen) atoms. The number of rotatable bonds is 7. The standard InChI is InChI=1S/C23H33ClN2O4/c1-5-29-21-12-18(11-20(24)23(21)28-4)8-9-22(27)26-10-6-7-19(26)15-25-13-16(2)30-17(3)14-25/h8-9,11-12,16-17,19H,5-7,10,13-15H2,1-4H3/b9-8-/t16-,17-,19+/m0/s1. The van der Waals surface area contributed by atoms with Gasteiger partial charge in [-0.05, 0) is 57.4 Å². The molecule has 0 spiro atoms. The predicted molar refractivity (Wildman–Crippen MR) is 119 cm³/mol. The fourth-order valence-electron chi connectivity index (χ4n) is 4.46. The average Bonchev–Trinajstić information content (AvgIpc) is 3.13. The first kappa shape index (κ1) is 22.9. The molecule has 0 N–H and O–H groups in total. The van der Waals surface area contributed by atoms with E-state index >= 15 is 0 Å². The van der Waals surface area contributed by atoms with E-state index < -0.39 is 0 Å². The summed E-state index contributed by atoms with van der Waals surface area (Å²) >= 11 is 6.32. The van der Waals surface area contributed by atoms with Crippen LogP contribution in [-0.2, 0) is 9.53 Å². The zero-order valence-corrected chi connectivity index (χ0v) is 19.2. The average molecular weight is 437 g/mol. The second-order valence-electron chi connectivity index (χ2n) is 8.10. The number of benzene rings is 1. The Bertz CT molecular complexity index is 760. The molecule has 0 saturated carbocycles. The minimum absolute atomic E-state index is 0.0387. The Balaban J connectivity index is 1.66. The maximum absolute atomic E-state index is 12.9. The van der Waals surface area contributed by atoms with Crippen LogP contribution >= 0.6 is 11.6 Å². The van der Waals surface area contributed by atoms with E-state index in [1.165, 1.54) is 0 Å². The molecule has 7 heteroatoms. The van der Waals surface area contributed by atoms with Crippen LogP contribution in [0.15, 0.2) is 18.2 Å². The second-order valence-corrected chi connectivity index (χ2v) is 8.51. The van der Waals surface area contributed by atoms with Crippen molar-refractivity contribution in [3.63, 3.8) is 0 Å². The third-order valence-electron chi connectivity index (χ3n) is 5.58. The lowest BCUT2D eigenvalue weighted by molar-refractivity contribution is -0.127. The van der Waals surface area contributed by atoms with Crippen LogP contribution in [0.1, 0.15) is 39.2 Å². The number of hydrogen-bond acceptors (Lipinski definition) is 5. The van der Waals surface area contributed by atoms with Crippen molar-refractivity contribution >= 4 is 23.6 Å². The molecule has 1 aromatic rings. The number of nitrogens with zero attached hydrogens (tertiary/aromatic N) is 2. The van der Waals surface area contributed by atoms with Crippen LogP contribution in [0.4, 0.5) is 0 Å². The van der Waals surface area contributed by atoms with E-state index in [9.17, 15) is 4.79 Å². The van der Waals surface area contributed by atoms with E-state index in [-0.39, 0.29) is 24.2 Å².